The molecule has 5 heteroatoms. The van der Waals surface area contributed by atoms with Gasteiger partial charge in [0.25, 0.3) is 0 Å². The summed E-state index contributed by atoms with van der Waals surface area (Å²) in [6, 6.07) is 1.77. The van der Waals surface area contributed by atoms with Crippen LogP contribution in [0.5, 0.6) is 0 Å². The molecule has 0 saturated heterocycles. The third-order valence-electron chi connectivity index (χ3n) is 2.28. The van der Waals surface area contributed by atoms with Gasteiger partial charge < -0.3 is 9.51 Å². The van der Waals surface area contributed by atoms with Crippen LogP contribution in [0.15, 0.2) is 16.7 Å². The van der Waals surface area contributed by atoms with Crippen LogP contribution in [0.3, 0.4) is 0 Å². The van der Waals surface area contributed by atoms with Crippen LogP contribution >= 0.6 is 15.9 Å². The molecule has 0 atom stereocenters. The molecule has 0 amide bonds. The average Bonchev–Trinajstić information content (AvgIpc) is 2.43. The quantitative estimate of drug-likeness (QED) is 0.864. The summed E-state index contributed by atoms with van der Waals surface area (Å²) in [5.41, 5.74) is 2.35. The minimum Gasteiger partial charge on any atom is -0.476 e. The van der Waals surface area contributed by atoms with Gasteiger partial charge in [-0.05, 0) is 35.8 Å². The van der Waals surface area contributed by atoms with Crippen molar-refractivity contribution in [3.63, 3.8) is 0 Å². The van der Waals surface area contributed by atoms with E-state index in [1.807, 2.05) is 17.5 Å². The number of nitrogens with zero attached hydrogens (tertiary/aromatic N) is 2. The maximum Gasteiger partial charge on any atom is 0.356 e. The van der Waals surface area contributed by atoms with Gasteiger partial charge in [0.05, 0.1) is 11.2 Å². The van der Waals surface area contributed by atoms with Crippen molar-refractivity contribution in [3.8, 4) is 0 Å². The van der Waals surface area contributed by atoms with E-state index in [2.05, 4.69) is 20.9 Å². The first-order valence-electron chi connectivity index (χ1n) is 4.39. The standard InChI is InChI=1S/C10H9BrN2O2/c1-5-4-13-6(2)7(11)3-8(13)9(12-5)10(14)15/h3-4H,1-2H3,(H,14,15). The van der Waals surface area contributed by atoms with Crippen molar-refractivity contribution in [2.75, 3.05) is 0 Å². The minimum atomic E-state index is -1.01. The average molecular weight is 269 g/mol. The number of aromatic nitrogens is 2. The maximum absolute atomic E-state index is 11.0. The van der Waals surface area contributed by atoms with Gasteiger partial charge in [-0.2, -0.15) is 0 Å². The van der Waals surface area contributed by atoms with Crippen LogP contribution in [0.25, 0.3) is 5.52 Å². The second-order valence-electron chi connectivity index (χ2n) is 3.37. The number of fused-ring (bicyclic) bond motifs is 1. The monoisotopic (exact) mass is 268 g/mol. The van der Waals surface area contributed by atoms with Crippen LogP contribution in [0.4, 0.5) is 0 Å². The van der Waals surface area contributed by atoms with E-state index in [9.17, 15) is 4.79 Å². The highest BCUT2D eigenvalue weighted by atomic mass is 79.9. The summed E-state index contributed by atoms with van der Waals surface area (Å²) in [6.07, 6.45) is 1.82. The highest BCUT2D eigenvalue weighted by Crippen LogP contribution is 2.23. The molecule has 0 spiro atoms. The van der Waals surface area contributed by atoms with Gasteiger partial charge in [-0.25, -0.2) is 9.78 Å². The van der Waals surface area contributed by atoms with Gasteiger partial charge in [-0.15, -0.1) is 0 Å². The normalized spacial score (nSPS) is 10.9. The SMILES string of the molecule is Cc1cn2c(C)c(Br)cc2c(C(=O)O)n1. The molecule has 1 N–H and O–H groups in total. The summed E-state index contributed by atoms with van der Waals surface area (Å²) < 4.78 is 2.72. The zero-order valence-electron chi connectivity index (χ0n) is 8.28. The third-order valence-corrected chi connectivity index (χ3v) is 3.08. The molecular formula is C10H9BrN2O2. The Kier molecular flexibility index (Phi) is 2.26. The van der Waals surface area contributed by atoms with Crippen molar-refractivity contribution >= 4 is 27.4 Å². The number of aryl methyl sites for hydroxylation is 2. The second-order valence-corrected chi connectivity index (χ2v) is 4.22. The lowest BCUT2D eigenvalue weighted by molar-refractivity contribution is 0.0692. The van der Waals surface area contributed by atoms with Gasteiger partial charge in [0.15, 0.2) is 5.69 Å². The summed E-state index contributed by atoms with van der Waals surface area (Å²) in [7, 11) is 0. The number of hydrogen-bond acceptors (Lipinski definition) is 2. The highest BCUT2D eigenvalue weighted by Gasteiger charge is 2.14. The van der Waals surface area contributed by atoms with Crippen LogP contribution in [-0.4, -0.2) is 20.5 Å². The topological polar surface area (TPSA) is 54.6 Å². The lowest BCUT2D eigenvalue weighted by Crippen LogP contribution is -2.05. The van der Waals surface area contributed by atoms with E-state index in [0.29, 0.717) is 11.2 Å². The summed E-state index contributed by atoms with van der Waals surface area (Å²) in [4.78, 5) is 15.0. The zero-order valence-corrected chi connectivity index (χ0v) is 9.87. The van der Waals surface area contributed by atoms with Crippen LogP contribution in [0, 0.1) is 13.8 Å². The Labute approximate surface area is 94.7 Å². The Morgan fingerprint density at radius 3 is 2.80 bits per heavy atom. The van der Waals surface area contributed by atoms with Crippen molar-refractivity contribution in [3.05, 3.63) is 33.8 Å². The second kappa shape index (κ2) is 3.34. The molecule has 0 aliphatic rings. The summed E-state index contributed by atoms with van der Waals surface area (Å²) in [6.45, 7) is 3.70. The van der Waals surface area contributed by atoms with Gasteiger partial charge in [-0.3, -0.25) is 0 Å². The largest absolute Gasteiger partial charge is 0.476 e. The molecule has 2 rings (SSSR count). The Morgan fingerprint density at radius 1 is 1.53 bits per heavy atom. The molecule has 0 radical (unpaired) electrons. The van der Waals surface area contributed by atoms with E-state index < -0.39 is 5.97 Å². The molecule has 0 aliphatic heterocycles. The Morgan fingerprint density at radius 2 is 2.20 bits per heavy atom. The number of hydrogen-bond donors (Lipinski definition) is 1. The van der Waals surface area contributed by atoms with E-state index >= 15 is 0 Å². The fourth-order valence-electron chi connectivity index (χ4n) is 1.55. The fourth-order valence-corrected chi connectivity index (χ4v) is 1.95. The Hall–Kier alpha value is -1.36. The number of aromatic carboxylic acids is 1. The number of carboxylic acid groups (broad SMARTS) is 1. The van der Waals surface area contributed by atoms with Crippen molar-refractivity contribution in [1.29, 1.82) is 0 Å². The van der Waals surface area contributed by atoms with Crippen LogP contribution in [0.1, 0.15) is 21.9 Å². The molecule has 2 aromatic heterocycles. The first kappa shape index (κ1) is 10.2. The predicted molar refractivity (Wildman–Crippen MR) is 59.3 cm³/mol. The Balaban J connectivity index is 2.92. The van der Waals surface area contributed by atoms with Gasteiger partial charge in [0, 0.05) is 16.4 Å². The van der Waals surface area contributed by atoms with Crippen molar-refractivity contribution in [2.45, 2.75) is 13.8 Å². The minimum absolute atomic E-state index is 0.0869. The number of halogens is 1. The molecule has 0 saturated carbocycles. The smallest absolute Gasteiger partial charge is 0.356 e. The number of carbonyl (C=O) groups is 1. The maximum atomic E-state index is 11.0. The molecular weight excluding hydrogens is 260 g/mol. The molecule has 0 fully saturated rings. The van der Waals surface area contributed by atoms with Crippen LogP contribution in [0.2, 0.25) is 0 Å². The summed E-state index contributed by atoms with van der Waals surface area (Å²) >= 11 is 3.37. The predicted octanol–water partition coefficient (Wildman–Crippen LogP) is 2.41. The highest BCUT2D eigenvalue weighted by molar-refractivity contribution is 9.10. The van der Waals surface area contributed by atoms with Crippen LogP contribution in [-0.2, 0) is 0 Å². The van der Waals surface area contributed by atoms with Gasteiger partial charge in [0.1, 0.15) is 0 Å². The molecule has 78 valence electrons. The van der Waals surface area contributed by atoms with E-state index in [-0.39, 0.29) is 5.69 Å². The first-order valence-corrected chi connectivity index (χ1v) is 5.18. The molecule has 2 aromatic rings. The van der Waals surface area contributed by atoms with E-state index in [1.54, 1.807) is 13.0 Å². The van der Waals surface area contributed by atoms with Crippen molar-refractivity contribution in [1.82, 2.24) is 9.38 Å². The molecule has 4 nitrogen and oxygen atoms in total. The summed E-state index contributed by atoms with van der Waals surface area (Å²) in [5, 5.41) is 9.02. The molecule has 2 heterocycles. The van der Waals surface area contributed by atoms with E-state index in [4.69, 9.17) is 5.11 Å². The van der Waals surface area contributed by atoms with Gasteiger partial charge in [0.2, 0.25) is 0 Å². The molecule has 0 aromatic carbocycles. The van der Waals surface area contributed by atoms with Crippen LogP contribution < -0.4 is 0 Å². The van der Waals surface area contributed by atoms with E-state index in [0.717, 1.165) is 10.2 Å². The molecule has 0 unspecified atom stereocenters. The Bertz CT molecular complexity index is 560. The molecule has 0 bridgehead atoms. The van der Waals surface area contributed by atoms with Crippen molar-refractivity contribution < 1.29 is 9.90 Å². The van der Waals surface area contributed by atoms with Crippen molar-refractivity contribution in [2.24, 2.45) is 0 Å². The zero-order chi connectivity index (χ0) is 11.2. The fraction of sp³-hybridized carbons (Fsp3) is 0.200. The first-order chi connectivity index (χ1) is 7.00. The van der Waals surface area contributed by atoms with Gasteiger partial charge in [-0.1, -0.05) is 0 Å². The number of carboxylic acids is 1. The lowest BCUT2D eigenvalue weighted by atomic mass is 10.3. The third kappa shape index (κ3) is 1.52. The summed E-state index contributed by atoms with van der Waals surface area (Å²) in [5.74, 6) is -1.01. The van der Waals surface area contributed by atoms with E-state index in [1.165, 1.54) is 0 Å². The van der Waals surface area contributed by atoms with Gasteiger partial charge >= 0.3 is 5.97 Å². The lowest BCUT2D eigenvalue weighted by Gasteiger charge is -2.02. The molecule has 0 aliphatic carbocycles. The molecule has 15 heavy (non-hydrogen) atoms. The number of rotatable bonds is 1.